The summed E-state index contributed by atoms with van der Waals surface area (Å²) in [4.78, 5) is 13.7. The molecule has 0 unspecified atom stereocenters. The van der Waals surface area contributed by atoms with Crippen LogP contribution in [0.25, 0.3) is 0 Å². The molecule has 0 spiro atoms. The van der Waals surface area contributed by atoms with Crippen molar-refractivity contribution >= 4 is 23.2 Å². The quantitative estimate of drug-likeness (QED) is 0.922. The summed E-state index contributed by atoms with van der Waals surface area (Å²) in [5, 5.41) is 19.2. The van der Waals surface area contributed by atoms with Crippen molar-refractivity contribution in [2.75, 3.05) is 11.9 Å². The van der Waals surface area contributed by atoms with Gasteiger partial charge in [0.25, 0.3) is 5.91 Å². The van der Waals surface area contributed by atoms with Gasteiger partial charge in [-0.3, -0.25) is 4.79 Å². The van der Waals surface area contributed by atoms with Crippen molar-refractivity contribution in [3.05, 3.63) is 58.6 Å². The number of carbonyl (C=O) groups excluding carboxylic acids is 1. The van der Waals surface area contributed by atoms with Gasteiger partial charge in [0.05, 0.1) is 16.8 Å². The number of carbonyl (C=O) groups is 1. The van der Waals surface area contributed by atoms with E-state index < -0.39 is 5.91 Å². The van der Waals surface area contributed by atoms with Gasteiger partial charge in [-0.15, -0.1) is 0 Å². The summed E-state index contributed by atoms with van der Waals surface area (Å²) >= 11 is 5.84. The lowest BCUT2D eigenvalue weighted by Gasteiger charge is -2.19. The molecule has 0 radical (unpaired) electrons. The zero-order valence-corrected chi connectivity index (χ0v) is 11.4. The van der Waals surface area contributed by atoms with Crippen molar-refractivity contribution in [2.45, 2.75) is 0 Å². The molecular weight excluding hydrogens is 276 g/mol. The van der Waals surface area contributed by atoms with Crippen LogP contribution in [0, 0.1) is 11.3 Å². The Morgan fingerprint density at radius 1 is 1.30 bits per heavy atom. The van der Waals surface area contributed by atoms with Crippen molar-refractivity contribution in [3.63, 3.8) is 0 Å². The number of hydrogen-bond donors (Lipinski definition) is 1. The Bertz CT molecular complexity index is 707. The van der Waals surface area contributed by atoms with E-state index in [1.54, 1.807) is 31.3 Å². The van der Waals surface area contributed by atoms with E-state index in [0.29, 0.717) is 16.3 Å². The Balaban J connectivity index is 2.43. The highest BCUT2D eigenvalue weighted by molar-refractivity contribution is 6.31. The molecule has 20 heavy (non-hydrogen) atoms. The minimum Gasteiger partial charge on any atom is -0.507 e. The van der Waals surface area contributed by atoms with Gasteiger partial charge in [0, 0.05) is 12.1 Å². The molecule has 0 saturated heterocycles. The van der Waals surface area contributed by atoms with E-state index in [2.05, 4.69) is 0 Å². The van der Waals surface area contributed by atoms with Crippen LogP contribution in [0.2, 0.25) is 5.02 Å². The van der Waals surface area contributed by atoms with Crippen molar-refractivity contribution in [3.8, 4) is 11.8 Å². The molecule has 1 N–H and O–H groups in total. The van der Waals surface area contributed by atoms with Gasteiger partial charge in [0.15, 0.2) is 0 Å². The number of amides is 1. The number of rotatable bonds is 2. The molecule has 0 bridgehead atoms. The van der Waals surface area contributed by atoms with Gasteiger partial charge < -0.3 is 10.0 Å². The predicted octanol–water partition coefficient (Wildman–Crippen LogP) is 3.19. The molecule has 0 aromatic heterocycles. The number of nitriles is 1. The third-order valence-corrected chi connectivity index (χ3v) is 3.11. The molecule has 0 heterocycles. The average Bonchev–Trinajstić information content (AvgIpc) is 2.48. The Morgan fingerprint density at radius 2 is 2.00 bits per heavy atom. The normalized spacial score (nSPS) is 9.85. The minimum atomic E-state index is -0.437. The molecule has 100 valence electrons. The Hall–Kier alpha value is -2.51. The first-order chi connectivity index (χ1) is 9.54. The number of para-hydroxylation sites is 1. The summed E-state index contributed by atoms with van der Waals surface area (Å²) in [5.41, 5.74) is 0.942. The van der Waals surface area contributed by atoms with Gasteiger partial charge in [0.1, 0.15) is 11.8 Å². The molecule has 2 aromatic carbocycles. The van der Waals surface area contributed by atoms with Crippen LogP contribution < -0.4 is 4.90 Å². The first kappa shape index (κ1) is 13.9. The maximum atomic E-state index is 12.4. The van der Waals surface area contributed by atoms with Crippen LogP contribution in [0.5, 0.6) is 5.75 Å². The third kappa shape index (κ3) is 2.58. The van der Waals surface area contributed by atoms with Crippen molar-refractivity contribution in [1.29, 1.82) is 5.26 Å². The Morgan fingerprint density at radius 3 is 2.70 bits per heavy atom. The molecule has 0 aliphatic heterocycles. The number of aromatic hydroxyl groups is 1. The second-order valence-electron chi connectivity index (χ2n) is 4.15. The highest BCUT2D eigenvalue weighted by Gasteiger charge is 2.19. The molecule has 2 rings (SSSR count). The van der Waals surface area contributed by atoms with E-state index in [4.69, 9.17) is 16.9 Å². The average molecular weight is 287 g/mol. The van der Waals surface area contributed by atoms with Crippen LogP contribution in [0.15, 0.2) is 42.5 Å². The van der Waals surface area contributed by atoms with Crippen molar-refractivity contribution < 1.29 is 9.90 Å². The lowest BCUT2D eigenvalue weighted by molar-refractivity contribution is 0.0990. The summed E-state index contributed by atoms with van der Waals surface area (Å²) in [7, 11) is 1.54. The fourth-order valence-corrected chi connectivity index (χ4v) is 2.00. The summed E-state index contributed by atoms with van der Waals surface area (Å²) in [5.74, 6) is -0.589. The van der Waals surface area contributed by atoms with E-state index in [1.165, 1.54) is 23.1 Å². The number of halogens is 1. The fraction of sp³-hybridized carbons (Fsp3) is 0.0667. The lowest BCUT2D eigenvalue weighted by atomic mass is 10.1. The fourth-order valence-electron chi connectivity index (χ4n) is 1.83. The molecule has 0 aliphatic carbocycles. The summed E-state index contributed by atoms with van der Waals surface area (Å²) in [6.45, 7) is 0. The topological polar surface area (TPSA) is 64.3 Å². The molecule has 4 nitrogen and oxygen atoms in total. The largest absolute Gasteiger partial charge is 0.507 e. The predicted molar refractivity (Wildman–Crippen MR) is 77.0 cm³/mol. The van der Waals surface area contributed by atoms with Gasteiger partial charge in [-0.1, -0.05) is 23.7 Å². The maximum absolute atomic E-state index is 12.4. The van der Waals surface area contributed by atoms with Crippen molar-refractivity contribution in [2.24, 2.45) is 0 Å². The zero-order chi connectivity index (χ0) is 14.7. The lowest BCUT2D eigenvalue weighted by Crippen LogP contribution is -2.27. The first-order valence-corrected chi connectivity index (χ1v) is 6.18. The molecule has 5 heteroatoms. The van der Waals surface area contributed by atoms with Gasteiger partial charge >= 0.3 is 0 Å². The monoisotopic (exact) mass is 286 g/mol. The Labute approximate surface area is 121 Å². The van der Waals surface area contributed by atoms with E-state index in [0.717, 1.165) is 0 Å². The number of hydrogen-bond acceptors (Lipinski definition) is 3. The second-order valence-corrected chi connectivity index (χ2v) is 4.59. The standard InChI is InChI=1S/C15H11ClN2O2/c1-18(13-5-3-2-4-10(13)9-17)15(20)12-8-11(16)6-7-14(12)19/h2-8,19H,1H3. The maximum Gasteiger partial charge on any atom is 0.261 e. The van der Waals surface area contributed by atoms with Gasteiger partial charge in [-0.05, 0) is 30.3 Å². The smallest absolute Gasteiger partial charge is 0.261 e. The van der Waals surface area contributed by atoms with Gasteiger partial charge in [-0.25, -0.2) is 0 Å². The SMILES string of the molecule is CN(C(=O)c1cc(Cl)ccc1O)c1ccccc1C#N. The van der Waals surface area contributed by atoms with Crippen LogP contribution >= 0.6 is 11.6 Å². The van der Waals surface area contributed by atoms with E-state index in [-0.39, 0.29) is 11.3 Å². The molecule has 0 atom stereocenters. The number of anilines is 1. The van der Waals surface area contributed by atoms with E-state index in [9.17, 15) is 9.90 Å². The molecule has 2 aromatic rings. The summed E-state index contributed by atoms with van der Waals surface area (Å²) in [6, 6.07) is 13.0. The van der Waals surface area contributed by atoms with E-state index >= 15 is 0 Å². The zero-order valence-electron chi connectivity index (χ0n) is 10.7. The second kappa shape index (κ2) is 5.64. The molecular formula is C15H11ClN2O2. The third-order valence-electron chi connectivity index (χ3n) is 2.88. The first-order valence-electron chi connectivity index (χ1n) is 5.80. The molecule has 0 saturated carbocycles. The highest BCUT2D eigenvalue weighted by Crippen LogP contribution is 2.26. The minimum absolute atomic E-state index is 0.0905. The molecule has 0 aliphatic rings. The molecule has 1 amide bonds. The number of phenols is 1. The Kier molecular flexibility index (Phi) is 3.92. The van der Waals surface area contributed by atoms with Crippen molar-refractivity contribution in [1.82, 2.24) is 0 Å². The van der Waals surface area contributed by atoms with Gasteiger partial charge in [-0.2, -0.15) is 5.26 Å². The van der Waals surface area contributed by atoms with Gasteiger partial charge in [0.2, 0.25) is 0 Å². The van der Waals surface area contributed by atoms with Crippen LogP contribution in [-0.2, 0) is 0 Å². The highest BCUT2D eigenvalue weighted by atomic mass is 35.5. The summed E-state index contributed by atoms with van der Waals surface area (Å²) < 4.78 is 0. The van der Waals surface area contributed by atoms with Crippen LogP contribution in [-0.4, -0.2) is 18.1 Å². The van der Waals surface area contributed by atoms with Crippen LogP contribution in [0.1, 0.15) is 15.9 Å². The number of benzene rings is 2. The summed E-state index contributed by atoms with van der Waals surface area (Å²) in [6.07, 6.45) is 0. The molecule has 0 fully saturated rings. The van der Waals surface area contributed by atoms with Crippen LogP contribution in [0.4, 0.5) is 5.69 Å². The number of phenolic OH excluding ortho intramolecular Hbond substituents is 1. The number of nitrogens with zero attached hydrogens (tertiary/aromatic N) is 2. The van der Waals surface area contributed by atoms with Crippen LogP contribution in [0.3, 0.4) is 0 Å². The van der Waals surface area contributed by atoms with E-state index in [1.807, 2.05) is 6.07 Å².